The van der Waals surface area contributed by atoms with Crippen LogP contribution in [0.3, 0.4) is 0 Å². The summed E-state index contributed by atoms with van der Waals surface area (Å²) in [6.45, 7) is 1.56. The van der Waals surface area contributed by atoms with E-state index in [-0.39, 0.29) is 18.3 Å². The van der Waals surface area contributed by atoms with Crippen molar-refractivity contribution in [1.82, 2.24) is 5.32 Å². The Morgan fingerprint density at radius 3 is 3.00 bits per heavy atom. The Bertz CT molecular complexity index is 354. The van der Waals surface area contributed by atoms with Crippen LogP contribution in [0.15, 0.2) is 18.2 Å². The van der Waals surface area contributed by atoms with Crippen molar-refractivity contribution in [3.8, 4) is 5.75 Å². The second-order valence-electron chi connectivity index (χ2n) is 3.44. The number of carbonyl (C=O) groups excluding carboxylic acids is 1. The van der Waals surface area contributed by atoms with E-state index in [0.717, 1.165) is 30.7 Å². The van der Waals surface area contributed by atoms with Crippen LogP contribution in [-0.4, -0.2) is 19.9 Å². The van der Waals surface area contributed by atoms with Crippen molar-refractivity contribution in [3.63, 3.8) is 0 Å². The summed E-state index contributed by atoms with van der Waals surface area (Å²) in [6, 6.07) is 5.89. The molecule has 4 heteroatoms. The standard InChI is InChI=1S/C11H13NO2.ClH/c1-14-10-3-2-8-5-12-6-9(7-13)11(8)4-10;/h2-4,7,9,12H,5-6H2,1H3;1H. The highest BCUT2D eigenvalue weighted by atomic mass is 35.5. The molecule has 1 heterocycles. The maximum atomic E-state index is 10.8. The smallest absolute Gasteiger partial charge is 0.128 e. The first-order valence-corrected chi connectivity index (χ1v) is 4.68. The third-order valence-electron chi connectivity index (χ3n) is 2.60. The number of hydrogen-bond donors (Lipinski definition) is 1. The van der Waals surface area contributed by atoms with Gasteiger partial charge in [-0.1, -0.05) is 6.07 Å². The minimum absolute atomic E-state index is 0. The summed E-state index contributed by atoms with van der Waals surface area (Å²) < 4.78 is 5.14. The van der Waals surface area contributed by atoms with Crippen LogP contribution >= 0.6 is 12.4 Å². The Morgan fingerprint density at radius 2 is 2.33 bits per heavy atom. The molecule has 0 fully saturated rings. The monoisotopic (exact) mass is 227 g/mol. The first-order valence-electron chi connectivity index (χ1n) is 4.68. The van der Waals surface area contributed by atoms with E-state index < -0.39 is 0 Å². The molecule has 0 spiro atoms. The minimum atomic E-state index is -0.0335. The van der Waals surface area contributed by atoms with E-state index in [1.807, 2.05) is 18.2 Å². The number of benzene rings is 1. The maximum absolute atomic E-state index is 10.8. The second kappa shape index (κ2) is 5.14. The molecule has 1 unspecified atom stereocenters. The number of rotatable bonds is 2. The lowest BCUT2D eigenvalue weighted by molar-refractivity contribution is -0.109. The topological polar surface area (TPSA) is 38.3 Å². The SMILES string of the molecule is COc1ccc2c(c1)C(C=O)CNC2.Cl. The van der Waals surface area contributed by atoms with Gasteiger partial charge in [-0.25, -0.2) is 0 Å². The summed E-state index contributed by atoms with van der Waals surface area (Å²) in [5.41, 5.74) is 2.28. The van der Waals surface area contributed by atoms with Gasteiger partial charge in [0, 0.05) is 13.1 Å². The van der Waals surface area contributed by atoms with Gasteiger partial charge in [-0.2, -0.15) is 0 Å². The highest BCUT2D eigenvalue weighted by Crippen LogP contribution is 2.26. The number of carbonyl (C=O) groups is 1. The molecule has 2 rings (SSSR count). The Kier molecular flexibility index (Phi) is 4.12. The molecule has 1 N–H and O–H groups in total. The lowest BCUT2D eigenvalue weighted by atomic mass is 9.92. The molecule has 0 bridgehead atoms. The Labute approximate surface area is 95.2 Å². The lowest BCUT2D eigenvalue weighted by Gasteiger charge is -2.22. The second-order valence-corrected chi connectivity index (χ2v) is 3.44. The van der Waals surface area contributed by atoms with Crippen LogP contribution in [0.5, 0.6) is 5.75 Å². The van der Waals surface area contributed by atoms with E-state index in [1.165, 1.54) is 5.56 Å². The molecule has 1 atom stereocenters. The third kappa shape index (κ3) is 2.30. The van der Waals surface area contributed by atoms with Gasteiger partial charge in [-0.3, -0.25) is 0 Å². The van der Waals surface area contributed by atoms with Crippen LogP contribution in [0.2, 0.25) is 0 Å². The first-order chi connectivity index (χ1) is 6.85. The highest BCUT2D eigenvalue weighted by molar-refractivity contribution is 5.85. The fourth-order valence-electron chi connectivity index (χ4n) is 1.80. The molecule has 0 saturated carbocycles. The zero-order valence-corrected chi connectivity index (χ0v) is 9.34. The summed E-state index contributed by atoms with van der Waals surface area (Å²) in [6.07, 6.45) is 0.991. The van der Waals surface area contributed by atoms with Crippen LogP contribution in [0, 0.1) is 0 Å². The van der Waals surface area contributed by atoms with Gasteiger partial charge in [0.05, 0.1) is 13.0 Å². The van der Waals surface area contributed by atoms with Crippen molar-refractivity contribution in [3.05, 3.63) is 29.3 Å². The highest BCUT2D eigenvalue weighted by Gasteiger charge is 2.19. The van der Waals surface area contributed by atoms with E-state index in [2.05, 4.69) is 5.32 Å². The summed E-state index contributed by atoms with van der Waals surface area (Å²) in [5, 5.41) is 3.21. The summed E-state index contributed by atoms with van der Waals surface area (Å²) in [5.74, 6) is 0.784. The molecule has 15 heavy (non-hydrogen) atoms. The van der Waals surface area contributed by atoms with E-state index in [9.17, 15) is 4.79 Å². The van der Waals surface area contributed by atoms with Crippen LogP contribution in [0.4, 0.5) is 0 Å². The Balaban J connectivity index is 0.00000112. The molecular formula is C11H14ClNO2. The zero-order chi connectivity index (χ0) is 9.97. The molecule has 0 radical (unpaired) electrons. The average Bonchev–Trinajstić information content (AvgIpc) is 2.27. The Morgan fingerprint density at radius 1 is 1.53 bits per heavy atom. The quantitative estimate of drug-likeness (QED) is 0.779. The molecule has 1 aromatic rings. The fraction of sp³-hybridized carbons (Fsp3) is 0.364. The lowest BCUT2D eigenvalue weighted by Crippen LogP contribution is -2.28. The molecule has 1 aliphatic rings. The van der Waals surface area contributed by atoms with E-state index in [1.54, 1.807) is 7.11 Å². The molecule has 0 saturated heterocycles. The number of fused-ring (bicyclic) bond motifs is 1. The molecule has 1 aliphatic heterocycles. The summed E-state index contributed by atoms with van der Waals surface area (Å²) in [4.78, 5) is 10.8. The summed E-state index contributed by atoms with van der Waals surface area (Å²) in [7, 11) is 1.64. The molecule has 82 valence electrons. The third-order valence-corrected chi connectivity index (χ3v) is 2.60. The van der Waals surface area contributed by atoms with Crippen LogP contribution in [0.25, 0.3) is 0 Å². The molecule has 0 amide bonds. The zero-order valence-electron chi connectivity index (χ0n) is 8.53. The summed E-state index contributed by atoms with van der Waals surface area (Å²) >= 11 is 0. The van der Waals surface area contributed by atoms with E-state index in [4.69, 9.17) is 4.74 Å². The number of hydrogen-bond acceptors (Lipinski definition) is 3. The molecular weight excluding hydrogens is 214 g/mol. The van der Waals surface area contributed by atoms with E-state index in [0.29, 0.717) is 0 Å². The Hall–Kier alpha value is -1.06. The predicted octanol–water partition coefficient (Wildman–Crippen LogP) is 1.50. The van der Waals surface area contributed by atoms with Gasteiger partial charge >= 0.3 is 0 Å². The van der Waals surface area contributed by atoms with Gasteiger partial charge in [0.15, 0.2) is 0 Å². The fourth-order valence-corrected chi connectivity index (χ4v) is 1.80. The maximum Gasteiger partial charge on any atom is 0.128 e. The minimum Gasteiger partial charge on any atom is -0.497 e. The van der Waals surface area contributed by atoms with E-state index >= 15 is 0 Å². The van der Waals surface area contributed by atoms with Crippen molar-refractivity contribution >= 4 is 18.7 Å². The van der Waals surface area contributed by atoms with Gasteiger partial charge in [-0.05, 0) is 23.3 Å². The van der Waals surface area contributed by atoms with Gasteiger partial charge in [-0.15, -0.1) is 12.4 Å². The van der Waals surface area contributed by atoms with Gasteiger partial charge in [0.1, 0.15) is 12.0 Å². The van der Waals surface area contributed by atoms with Gasteiger partial charge < -0.3 is 14.8 Å². The number of methoxy groups -OCH3 is 1. The molecule has 1 aromatic carbocycles. The average molecular weight is 228 g/mol. The van der Waals surface area contributed by atoms with Gasteiger partial charge in [0.2, 0.25) is 0 Å². The van der Waals surface area contributed by atoms with Crippen molar-refractivity contribution in [2.24, 2.45) is 0 Å². The normalized spacial score (nSPS) is 18.6. The van der Waals surface area contributed by atoms with Gasteiger partial charge in [0.25, 0.3) is 0 Å². The molecule has 3 nitrogen and oxygen atoms in total. The van der Waals surface area contributed by atoms with Crippen molar-refractivity contribution in [2.75, 3.05) is 13.7 Å². The number of halogens is 1. The molecule has 0 aromatic heterocycles. The molecule has 0 aliphatic carbocycles. The van der Waals surface area contributed by atoms with Crippen molar-refractivity contribution in [2.45, 2.75) is 12.5 Å². The van der Waals surface area contributed by atoms with Crippen molar-refractivity contribution in [1.29, 1.82) is 0 Å². The first kappa shape index (κ1) is 12.0. The number of ether oxygens (including phenoxy) is 1. The predicted molar refractivity (Wildman–Crippen MR) is 60.8 cm³/mol. The number of nitrogens with one attached hydrogen (secondary N) is 1. The van der Waals surface area contributed by atoms with Crippen LogP contribution < -0.4 is 10.1 Å². The van der Waals surface area contributed by atoms with Crippen LogP contribution in [-0.2, 0) is 11.3 Å². The van der Waals surface area contributed by atoms with Crippen molar-refractivity contribution < 1.29 is 9.53 Å². The largest absolute Gasteiger partial charge is 0.497 e. The van der Waals surface area contributed by atoms with Crippen LogP contribution in [0.1, 0.15) is 17.0 Å². The number of aldehydes is 1.